The molecule has 1 rings (SSSR count). The Morgan fingerprint density at radius 1 is 1.42 bits per heavy atom. The number of aryl methyl sites for hydroxylation is 2. The molecule has 0 amide bonds. The van der Waals surface area contributed by atoms with Crippen LogP contribution < -0.4 is 5.73 Å². The van der Waals surface area contributed by atoms with Crippen molar-refractivity contribution in [1.82, 2.24) is 4.98 Å². The van der Waals surface area contributed by atoms with E-state index in [0.29, 0.717) is 5.82 Å². The number of pyridine rings is 1. The Hall–Kier alpha value is -1.05. The third kappa shape index (κ3) is 1.76. The third-order valence-corrected chi connectivity index (χ3v) is 2.01. The maximum absolute atomic E-state index is 5.80. The Kier molecular flexibility index (Phi) is 2.69. The lowest BCUT2D eigenvalue weighted by Crippen LogP contribution is -2.01. The van der Waals surface area contributed by atoms with E-state index >= 15 is 0 Å². The molecule has 0 aliphatic heterocycles. The zero-order valence-corrected chi connectivity index (χ0v) is 8.02. The summed E-state index contributed by atoms with van der Waals surface area (Å²) in [5, 5.41) is 0. The summed E-state index contributed by atoms with van der Waals surface area (Å²) >= 11 is 0. The number of nitrogens with two attached hydrogens (primary N) is 1. The molecule has 0 aromatic carbocycles. The average Bonchev–Trinajstić information content (AvgIpc) is 1.96. The van der Waals surface area contributed by atoms with Crippen molar-refractivity contribution in [3.63, 3.8) is 0 Å². The van der Waals surface area contributed by atoms with Crippen LogP contribution in [0.15, 0.2) is 6.07 Å². The Balaban J connectivity index is 3.10. The molecule has 0 aliphatic carbocycles. The molecule has 2 N–H and O–H groups in total. The third-order valence-electron chi connectivity index (χ3n) is 2.01. The second-order valence-corrected chi connectivity index (χ2v) is 3.19. The zero-order chi connectivity index (χ0) is 9.14. The van der Waals surface area contributed by atoms with Gasteiger partial charge in [-0.05, 0) is 37.5 Å². The van der Waals surface area contributed by atoms with Gasteiger partial charge in [0.05, 0.1) is 0 Å². The molecule has 0 aliphatic rings. The highest BCUT2D eigenvalue weighted by Crippen LogP contribution is 2.17. The van der Waals surface area contributed by atoms with E-state index in [9.17, 15) is 0 Å². The quantitative estimate of drug-likeness (QED) is 0.728. The van der Waals surface area contributed by atoms with E-state index in [1.165, 1.54) is 11.1 Å². The number of aromatic nitrogens is 1. The van der Waals surface area contributed by atoms with E-state index in [1.807, 2.05) is 6.92 Å². The number of hydrogen-bond donors (Lipinski definition) is 1. The maximum atomic E-state index is 5.80. The van der Waals surface area contributed by atoms with Gasteiger partial charge in [0.25, 0.3) is 0 Å². The molecular weight excluding hydrogens is 148 g/mol. The molecule has 66 valence electrons. The number of anilines is 1. The highest BCUT2D eigenvalue weighted by Gasteiger charge is 2.03. The molecule has 0 bridgehead atoms. The summed E-state index contributed by atoms with van der Waals surface area (Å²) in [5.41, 5.74) is 9.28. The predicted octanol–water partition coefficient (Wildman–Crippen LogP) is 2.23. The van der Waals surface area contributed by atoms with Crippen molar-refractivity contribution < 1.29 is 0 Å². The second kappa shape index (κ2) is 3.57. The van der Waals surface area contributed by atoms with Gasteiger partial charge >= 0.3 is 0 Å². The van der Waals surface area contributed by atoms with Gasteiger partial charge in [0, 0.05) is 5.69 Å². The Morgan fingerprint density at radius 3 is 2.58 bits per heavy atom. The van der Waals surface area contributed by atoms with Crippen molar-refractivity contribution >= 4 is 5.82 Å². The molecule has 0 fully saturated rings. The predicted molar refractivity (Wildman–Crippen MR) is 52.1 cm³/mol. The average molecular weight is 164 g/mol. The van der Waals surface area contributed by atoms with Gasteiger partial charge in [0.2, 0.25) is 0 Å². The topological polar surface area (TPSA) is 38.9 Å². The fourth-order valence-electron chi connectivity index (χ4n) is 1.47. The van der Waals surface area contributed by atoms with Crippen molar-refractivity contribution in [2.24, 2.45) is 0 Å². The lowest BCUT2D eigenvalue weighted by molar-refractivity contribution is 0.904. The fourth-order valence-corrected chi connectivity index (χ4v) is 1.47. The number of rotatable bonds is 2. The molecule has 0 radical (unpaired) electrons. The van der Waals surface area contributed by atoms with Crippen molar-refractivity contribution in [1.29, 1.82) is 0 Å². The molecule has 2 nitrogen and oxygen atoms in total. The summed E-state index contributed by atoms with van der Waals surface area (Å²) in [6, 6.07) is 2.08. The monoisotopic (exact) mass is 164 g/mol. The van der Waals surface area contributed by atoms with Gasteiger partial charge in [-0.1, -0.05) is 13.3 Å². The van der Waals surface area contributed by atoms with Gasteiger partial charge in [-0.15, -0.1) is 0 Å². The van der Waals surface area contributed by atoms with Gasteiger partial charge in [0.1, 0.15) is 5.82 Å². The molecule has 1 heterocycles. The Morgan fingerprint density at radius 2 is 2.08 bits per heavy atom. The molecule has 2 heteroatoms. The smallest absolute Gasteiger partial charge is 0.127 e. The first-order valence-electron chi connectivity index (χ1n) is 4.37. The van der Waals surface area contributed by atoms with Crippen molar-refractivity contribution in [3.05, 3.63) is 22.9 Å². The zero-order valence-electron chi connectivity index (χ0n) is 8.02. The van der Waals surface area contributed by atoms with Crippen LogP contribution in [0.2, 0.25) is 0 Å². The minimum absolute atomic E-state index is 0.703. The van der Waals surface area contributed by atoms with Crippen LogP contribution in [0.5, 0.6) is 0 Å². The lowest BCUT2D eigenvalue weighted by Gasteiger charge is -2.08. The molecule has 0 spiro atoms. The van der Waals surface area contributed by atoms with Crippen LogP contribution in [0.3, 0.4) is 0 Å². The van der Waals surface area contributed by atoms with Gasteiger partial charge in [-0.3, -0.25) is 0 Å². The van der Waals surface area contributed by atoms with Crippen molar-refractivity contribution in [3.8, 4) is 0 Å². The Bertz CT molecular complexity index is 256. The van der Waals surface area contributed by atoms with Gasteiger partial charge in [-0.25, -0.2) is 4.98 Å². The van der Waals surface area contributed by atoms with Crippen LogP contribution in [0.4, 0.5) is 5.82 Å². The highest BCUT2D eigenvalue weighted by atomic mass is 14.8. The number of nitrogens with zero attached hydrogens (tertiary/aromatic N) is 1. The SMILES string of the molecule is CCCc1c(C)cc(C)nc1N. The summed E-state index contributed by atoms with van der Waals surface area (Å²) in [6.45, 7) is 6.22. The van der Waals surface area contributed by atoms with Gasteiger partial charge < -0.3 is 5.73 Å². The lowest BCUT2D eigenvalue weighted by atomic mass is 10.1. The fraction of sp³-hybridized carbons (Fsp3) is 0.500. The standard InChI is InChI=1S/C10H16N2/c1-4-5-9-7(2)6-8(3)12-10(9)11/h6H,4-5H2,1-3H3,(H2,11,12). The summed E-state index contributed by atoms with van der Waals surface area (Å²) in [4.78, 5) is 4.23. The van der Waals surface area contributed by atoms with Gasteiger partial charge in [0.15, 0.2) is 0 Å². The summed E-state index contributed by atoms with van der Waals surface area (Å²) in [5.74, 6) is 0.703. The number of hydrogen-bond acceptors (Lipinski definition) is 2. The van der Waals surface area contributed by atoms with Crippen LogP contribution in [0.1, 0.15) is 30.2 Å². The molecule has 1 aromatic rings. The molecule has 0 saturated carbocycles. The second-order valence-electron chi connectivity index (χ2n) is 3.19. The minimum Gasteiger partial charge on any atom is -0.383 e. The first-order chi connectivity index (χ1) is 5.65. The van der Waals surface area contributed by atoms with E-state index < -0.39 is 0 Å². The van der Waals surface area contributed by atoms with E-state index in [4.69, 9.17) is 5.73 Å². The van der Waals surface area contributed by atoms with E-state index in [0.717, 1.165) is 18.5 Å². The van der Waals surface area contributed by atoms with E-state index in [2.05, 4.69) is 24.9 Å². The summed E-state index contributed by atoms with van der Waals surface area (Å²) in [6.07, 6.45) is 2.15. The molecule has 1 aromatic heterocycles. The van der Waals surface area contributed by atoms with Crippen LogP contribution in [-0.4, -0.2) is 4.98 Å². The van der Waals surface area contributed by atoms with Crippen molar-refractivity contribution in [2.45, 2.75) is 33.6 Å². The molecule has 0 atom stereocenters. The van der Waals surface area contributed by atoms with Crippen LogP contribution in [0.25, 0.3) is 0 Å². The molecule has 0 saturated heterocycles. The number of nitrogen functional groups attached to an aromatic ring is 1. The van der Waals surface area contributed by atoms with E-state index in [-0.39, 0.29) is 0 Å². The molecule has 12 heavy (non-hydrogen) atoms. The molecular formula is C10H16N2. The Labute approximate surface area is 73.8 Å². The summed E-state index contributed by atoms with van der Waals surface area (Å²) in [7, 11) is 0. The van der Waals surface area contributed by atoms with E-state index in [1.54, 1.807) is 0 Å². The van der Waals surface area contributed by atoms with Crippen LogP contribution in [-0.2, 0) is 6.42 Å². The van der Waals surface area contributed by atoms with Gasteiger partial charge in [-0.2, -0.15) is 0 Å². The normalized spacial score (nSPS) is 10.2. The first kappa shape index (κ1) is 9.04. The first-order valence-corrected chi connectivity index (χ1v) is 4.37. The minimum atomic E-state index is 0.703. The van der Waals surface area contributed by atoms with Crippen molar-refractivity contribution in [2.75, 3.05) is 5.73 Å². The maximum Gasteiger partial charge on any atom is 0.127 e. The summed E-state index contributed by atoms with van der Waals surface area (Å²) < 4.78 is 0. The van der Waals surface area contributed by atoms with Crippen LogP contribution >= 0.6 is 0 Å². The molecule has 0 unspecified atom stereocenters. The largest absolute Gasteiger partial charge is 0.383 e. The highest BCUT2D eigenvalue weighted by molar-refractivity contribution is 5.45. The van der Waals surface area contributed by atoms with Crippen LogP contribution in [0, 0.1) is 13.8 Å².